The van der Waals surface area contributed by atoms with Gasteiger partial charge in [0.1, 0.15) is 5.65 Å². The van der Waals surface area contributed by atoms with E-state index in [-0.39, 0.29) is 5.97 Å². The molecule has 2 heterocycles. The zero-order chi connectivity index (χ0) is 13.1. The fourth-order valence-corrected chi connectivity index (χ4v) is 1.88. The number of esters is 1. The molecule has 0 fully saturated rings. The summed E-state index contributed by atoms with van der Waals surface area (Å²) in [6.07, 6.45) is 0. The number of pyridine rings is 1. The zero-order valence-electron chi connectivity index (χ0n) is 10.8. The minimum Gasteiger partial charge on any atom is -0.479 e. The van der Waals surface area contributed by atoms with Crippen LogP contribution in [0.1, 0.15) is 30.0 Å². The van der Waals surface area contributed by atoms with E-state index in [9.17, 15) is 4.79 Å². The quantitative estimate of drug-likeness (QED) is 0.778. The van der Waals surface area contributed by atoms with Crippen molar-refractivity contribution in [2.45, 2.75) is 20.8 Å². The Kier molecular flexibility index (Phi) is 3.50. The second-order valence-corrected chi connectivity index (χ2v) is 3.76. The molecular weight excluding hydrogens is 232 g/mol. The van der Waals surface area contributed by atoms with Crippen molar-refractivity contribution in [3.8, 4) is 5.88 Å². The molecule has 5 heteroatoms. The number of aryl methyl sites for hydroxylation is 1. The number of carbonyl (C=O) groups excluding carboxylic acids is 1. The molecule has 0 amide bonds. The van der Waals surface area contributed by atoms with Crippen molar-refractivity contribution in [1.82, 2.24) is 9.38 Å². The van der Waals surface area contributed by atoms with Crippen LogP contribution in [0.4, 0.5) is 0 Å². The topological polar surface area (TPSA) is 52.8 Å². The van der Waals surface area contributed by atoms with Gasteiger partial charge in [-0.1, -0.05) is 6.07 Å². The van der Waals surface area contributed by atoms with E-state index in [1.807, 2.05) is 19.1 Å². The number of hydrogen-bond donors (Lipinski definition) is 0. The van der Waals surface area contributed by atoms with Crippen molar-refractivity contribution in [3.63, 3.8) is 0 Å². The first-order chi connectivity index (χ1) is 8.69. The van der Waals surface area contributed by atoms with E-state index in [1.165, 1.54) is 0 Å². The molecule has 0 bridgehead atoms. The summed E-state index contributed by atoms with van der Waals surface area (Å²) >= 11 is 0. The molecule has 0 aliphatic rings. The van der Waals surface area contributed by atoms with Gasteiger partial charge in [-0.2, -0.15) is 0 Å². The maximum Gasteiger partial charge on any atom is 0.357 e. The van der Waals surface area contributed by atoms with Gasteiger partial charge in [-0.3, -0.25) is 4.40 Å². The monoisotopic (exact) mass is 248 g/mol. The van der Waals surface area contributed by atoms with Crippen molar-refractivity contribution in [2.75, 3.05) is 13.2 Å². The Morgan fingerprint density at radius 3 is 2.78 bits per heavy atom. The molecule has 0 saturated carbocycles. The molecule has 0 aliphatic heterocycles. The van der Waals surface area contributed by atoms with Gasteiger partial charge in [0.15, 0.2) is 11.6 Å². The van der Waals surface area contributed by atoms with Crippen LogP contribution in [0, 0.1) is 6.92 Å². The molecule has 0 saturated heterocycles. The molecule has 2 rings (SSSR count). The van der Waals surface area contributed by atoms with E-state index in [0.717, 1.165) is 0 Å². The Labute approximate surface area is 105 Å². The highest BCUT2D eigenvalue weighted by atomic mass is 16.5. The summed E-state index contributed by atoms with van der Waals surface area (Å²) in [6, 6.07) is 5.49. The van der Waals surface area contributed by atoms with E-state index < -0.39 is 0 Å². The third kappa shape index (κ3) is 2.03. The zero-order valence-corrected chi connectivity index (χ0v) is 10.8. The van der Waals surface area contributed by atoms with Crippen LogP contribution in [-0.4, -0.2) is 28.6 Å². The van der Waals surface area contributed by atoms with Gasteiger partial charge >= 0.3 is 5.97 Å². The third-order valence-electron chi connectivity index (χ3n) is 2.54. The van der Waals surface area contributed by atoms with Crippen molar-refractivity contribution in [3.05, 3.63) is 29.6 Å². The van der Waals surface area contributed by atoms with Crippen molar-refractivity contribution >= 4 is 11.6 Å². The van der Waals surface area contributed by atoms with Gasteiger partial charge < -0.3 is 9.47 Å². The molecule has 0 atom stereocenters. The summed E-state index contributed by atoms with van der Waals surface area (Å²) in [5.41, 5.74) is 1.75. The summed E-state index contributed by atoms with van der Waals surface area (Å²) in [5, 5.41) is 0. The SMILES string of the molecule is CCOC(=O)c1c(C)nc2cccc(OCC)n12. The van der Waals surface area contributed by atoms with E-state index in [2.05, 4.69) is 4.98 Å². The fraction of sp³-hybridized carbons (Fsp3) is 0.385. The van der Waals surface area contributed by atoms with Crippen LogP contribution in [0.25, 0.3) is 5.65 Å². The lowest BCUT2D eigenvalue weighted by Crippen LogP contribution is -2.11. The first-order valence-electron chi connectivity index (χ1n) is 5.97. The Morgan fingerprint density at radius 1 is 1.33 bits per heavy atom. The lowest BCUT2D eigenvalue weighted by Gasteiger charge is -2.08. The molecule has 0 aromatic carbocycles. The molecule has 2 aromatic heterocycles. The number of hydrogen-bond acceptors (Lipinski definition) is 4. The maximum atomic E-state index is 12.0. The normalized spacial score (nSPS) is 10.6. The van der Waals surface area contributed by atoms with E-state index in [0.29, 0.717) is 36.1 Å². The van der Waals surface area contributed by atoms with Gasteiger partial charge in [0, 0.05) is 0 Å². The Hall–Kier alpha value is -2.04. The average Bonchev–Trinajstić information content (AvgIpc) is 2.67. The largest absolute Gasteiger partial charge is 0.479 e. The number of imidazole rings is 1. The molecule has 96 valence electrons. The molecule has 0 spiro atoms. The van der Waals surface area contributed by atoms with Crippen molar-refractivity contribution in [2.24, 2.45) is 0 Å². The highest BCUT2D eigenvalue weighted by Crippen LogP contribution is 2.20. The Morgan fingerprint density at radius 2 is 2.11 bits per heavy atom. The summed E-state index contributed by atoms with van der Waals surface area (Å²) < 4.78 is 12.3. The molecule has 2 aromatic rings. The molecule has 18 heavy (non-hydrogen) atoms. The number of ether oxygens (including phenoxy) is 2. The van der Waals surface area contributed by atoms with Crippen LogP contribution in [0.2, 0.25) is 0 Å². The molecule has 0 radical (unpaired) electrons. The van der Waals surface area contributed by atoms with Crippen molar-refractivity contribution < 1.29 is 14.3 Å². The van der Waals surface area contributed by atoms with E-state index in [4.69, 9.17) is 9.47 Å². The van der Waals surface area contributed by atoms with Gasteiger partial charge in [0.2, 0.25) is 0 Å². The Balaban J connectivity index is 2.63. The lowest BCUT2D eigenvalue weighted by molar-refractivity contribution is 0.0516. The summed E-state index contributed by atoms with van der Waals surface area (Å²) in [7, 11) is 0. The molecular formula is C13H16N2O3. The predicted molar refractivity (Wildman–Crippen MR) is 67.1 cm³/mol. The first kappa shape index (κ1) is 12.4. The van der Waals surface area contributed by atoms with Crippen LogP contribution in [0.5, 0.6) is 5.88 Å². The maximum absolute atomic E-state index is 12.0. The number of carbonyl (C=O) groups is 1. The summed E-state index contributed by atoms with van der Waals surface area (Å²) in [6.45, 7) is 6.32. The number of fused-ring (bicyclic) bond motifs is 1. The smallest absolute Gasteiger partial charge is 0.357 e. The Bertz CT molecular complexity index is 575. The molecule has 0 N–H and O–H groups in total. The third-order valence-corrected chi connectivity index (χ3v) is 2.54. The predicted octanol–water partition coefficient (Wildman–Crippen LogP) is 2.22. The van der Waals surface area contributed by atoms with Gasteiger partial charge in [-0.05, 0) is 32.9 Å². The minimum absolute atomic E-state index is 0.336. The van der Waals surface area contributed by atoms with Crippen LogP contribution in [0.3, 0.4) is 0 Å². The number of nitrogens with zero attached hydrogens (tertiary/aromatic N) is 2. The van der Waals surface area contributed by atoms with Gasteiger partial charge in [0.25, 0.3) is 0 Å². The number of aromatic nitrogens is 2. The van der Waals surface area contributed by atoms with Gasteiger partial charge in [-0.25, -0.2) is 9.78 Å². The van der Waals surface area contributed by atoms with Gasteiger partial charge in [0.05, 0.1) is 18.9 Å². The van der Waals surface area contributed by atoms with E-state index >= 15 is 0 Å². The average molecular weight is 248 g/mol. The van der Waals surface area contributed by atoms with Crippen LogP contribution in [0.15, 0.2) is 18.2 Å². The fourth-order valence-electron chi connectivity index (χ4n) is 1.88. The minimum atomic E-state index is -0.380. The summed E-state index contributed by atoms with van der Waals surface area (Å²) in [4.78, 5) is 16.3. The highest BCUT2D eigenvalue weighted by molar-refractivity contribution is 5.90. The second-order valence-electron chi connectivity index (χ2n) is 3.76. The number of rotatable bonds is 4. The molecule has 0 aliphatic carbocycles. The second kappa shape index (κ2) is 5.08. The lowest BCUT2D eigenvalue weighted by atomic mass is 10.3. The molecule has 5 nitrogen and oxygen atoms in total. The van der Waals surface area contributed by atoms with E-state index in [1.54, 1.807) is 24.3 Å². The highest BCUT2D eigenvalue weighted by Gasteiger charge is 2.19. The van der Waals surface area contributed by atoms with Crippen molar-refractivity contribution in [1.29, 1.82) is 0 Å². The van der Waals surface area contributed by atoms with Crippen LogP contribution < -0.4 is 4.74 Å². The van der Waals surface area contributed by atoms with Gasteiger partial charge in [-0.15, -0.1) is 0 Å². The van der Waals surface area contributed by atoms with Crippen LogP contribution in [-0.2, 0) is 4.74 Å². The summed E-state index contributed by atoms with van der Waals surface area (Å²) in [5.74, 6) is 0.216. The first-order valence-corrected chi connectivity index (χ1v) is 5.97. The molecule has 0 unspecified atom stereocenters. The standard InChI is InChI=1S/C13H16N2O3/c1-4-17-11-8-6-7-10-14-9(3)12(15(10)11)13(16)18-5-2/h6-8H,4-5H2,1-3H3. The van der Waals surface area contributed by atoms with Crippen LogP contribution >= 0.6 is 0 Å².